The van der Waals surface area contributed by atoms with Gasteiger partial charge in [-0.05, 0) is 38.8 Å². The maximum absolute atomic E-state index is 12.7. The summed E-state index contributed by atoms with van der Waals surface area (Å²) in [5.41, 5.74) is 0.815. The van der Waals surface area contributed by atoms with Gasteiger partial charge in [-0.25, -0.2) is 8.42 Å². The summed E-state index contributed by atoms with van der Waals surface area (Å²) >= 11 is 0. The molecular formula is C14H19NO3S. The second kappa shape index (κ2) is 4.04. The summed E-state index contributed by atoms with van der Waals surface area (Å²) < 4.78 is 32.3. The van der Waals surface area contributed by atoms with E-state index in [0.29, 0.717) is 4.90 Å². The van der Waals surface area contributed by atoms with E-state index in [0.717, 1.165) is 18.4 Å². The molecule has 5 heteroatoms. The van der Waals surface area contributed by atoms with Crippen molar-refractivity contribution in [3.63, 3.8) is 0 Å². The van der Waals surface area contributed by atoms with Gasteiger partial charge in [0.15, 0.2) is 0 Å². The van der Waals surface area contributed by atoms with E-state index >= 15 is 0 Å². The van der Waals surface area contributed by atoms with E-state index in [2.05, 4.69) is 0 Å². The van der Waals surface area contributed by atoms with E-state index in [9.17, 15) is 8.42 Å². The van der Waals surface area contributed by atoms with Gasteiger partial charge in [-0.15, -0.1) is 0 Å². The van der Waals surface area contributed by atoms with Gasteiger partial charge in [0.05, 0.1) is 22.6 Å². The molecule has 0 radical (unpaired) electrons. The van der Waals surface area contributed by atoms with Crippen molar-refractivity contribution in [1.82, 2.24) is 4.31 Å². The Balaban J connectivity index is 1.93. The topological polar surface area (TPSA) is 46.4 Å². The van der Waals surface area contributed by atoms with Crippen LogP contribution in [-0.2, 0) is 14.8 Å². The summed E-state index contributed by atoms with van der Waals surface area (Å²) in [5.74, 6) is 0. The molecule has 1 aliphatic carbocycles. The fourth-order valence-corrected chi connectivity index (χ4v) is 5.39. The zero-order valence-corrected chi connectivity index (χ0v) is 12.3. The quantitative estimate of drug-likeness (QED) is 0.795. The standard InChI is InChI=1S/C14H19NO3S/c1-10-4-6-11(7-5-10)19(16,17)15-13-12(18-3)8-9-14(13,15)2/h4-7,12-13H,8-9H2,1-3H3/t12-,13?,14+,15?/m1/s1. The van der Waals surface area contributed by atoms with Gasteiger partial charge in [0.2, 0.25) is 10.0 Å². The van der Waals surface area contributed by atoms with Crippen LogP contribution >= 0.6 is 0 Å². The van der Waals surface area contributed by atoms with Gasteiger partial charge in [-0.1, -0.05) is 17.7 Å². The molecule has 3 rings (SSSR count). The highest BCUT2D eigenvalue weighted by molar-refractivity contribution is 7.89. The van der Waals surface area contributed by atoms with E-state index < -0.39 is 10.0 Å². The highest BCUT2D eigenvalue weighted by Gasteiger charge is 2.71. The minimum Gasteiger partial charge on any atom is -0.380 e. The number of fused-ring (bicyclic) bond motifs is 1. The van der Waals surface area contributed by atoms with E-state index in [-0.39, 0.29) is 17.7 Å². The highest BCUT2D eigenvalue weighted by Crippen LogP contribution is 2.56. The number of aryl methyl sites for hydroxylation is 1. The van der Waals surface area contributed by atoms with Gasteiger partial charge in [-0.3, -0.25) is 0 Å². The molecule has 4 nitrogen and oxygen atoms in total. The van der Waals surface area contributed by atoms with E-state index in [1.54, 1.807) is 23.5 Å². The second-order valence-electron chi connectivity index (χ2n) is 5.73. The van der Waals surface area contributed by atoms with E-state index in [4.69, 9.17) is 4.74 Å². The predicted octanol–water partition coefficient (Wildman–Crippen LogP) is 1.94. The average Bonchev–Trinajstić information content (AvgIpc) is 2.86. The maximum atomic E-state index is 12.7. The molecule has 2 fully saturated rings. The van der Waals surface area contributed by atoms with Crippen molar-refractivity contribution in [2.75, 3.05) is 7.11 Å². The lowest BCUT2D eigenvalue weighted by Gasteiger charge is -2.16. The molecule has 0 amide bonds. The molecule has 0 spiro atoms. The van der Waals surface area contributed by atoms with Crippen LogP contribution in [0.4, 0.5) is 0 Å². The first kappa shape index (κ1) is 13.1. The first-order valence-electron chi connectivity index (χ1n) is 6.55. The van der Waals surface area contributed by atoms with Crippen molar-refractivity contribution in [1.29, 1.82) is 0 Å². The Morgan fingerprint density at radius 1 is 1.32 bits per heavy atom. The number of piperidine rings is 1. The molecule has 0 aromatic heterocycles. The molecule has 1 saturated heterocycles. The third kappa shape index (κ3) is 1.75. The fourth-order valence-electron chi connectivity index (χ4n) is 3.32. The number of sulfonamides is 1. The van der Waals surface area contributed by atoms with Crippen LogP contribution in [0, 0.1) is 6.92 Å². The molecule has 104 valence electrons. The summed E-state index contributed by atoms with van der Waals surface area (Å²) in [4.78, 5) is 0.378. The van der Waals surface area contributed by atoms with Crippen molar-refractivity contribution in [2.24, 2.45) is 0 Å². The Bertz CT molecular complexity index is 596. The van der Waals surface area contributed by atoms with Crippen LogP contribution in [0.5, 0.6) is 0 Å². The molecule has 1 aromatic rings. The number of methoxy groups -OCH3 is 1. The summed E-state index contributed by atoms with van der Waals surface area (Å²) in [6, 6.07) is 7.04. The Morgan fingerprint density at radius 3 is 2.53 bits per heavy atom. The number of benzene rings is 1. The summed E-state index contributed by atoms with van der Waals surface area (Å²) in [5, 5.41) is 0. The highest BCUT2D eigenvalue weighted by atomic mass is 32.2. The van der Waals surface area contributed by atoms with Crippen LogP contribution in [0.2, 0.25) is 0 Å². The lowest BCUT2D eigenvalue weighted by atomic mass is 10.1. The van der Waals surface area contributed by atoms with Gasteiger partial charge >= 0.3 is 0 Å². The van der Waals surface area contributed by atoms with Crippen LogP contribution in [0.15, 0.2) is 29.2 Å². The van der Waals surface area contributed by atoms with Crippen molar-refractivity contribution >= 4 is 10.0 Å². The molecule has 4 atom stereocenters. The van der Waals surface area contributed by atoms with Crippen molar-refractivity contribution in [2.45, 2.75) is 49.3 Å². The molecule has 0 N–H and O–H groups in total. The molecule has 0 bridgehead atoms. The summed E-state index contributed by atoms with van der Waals surface area (Å²) in [6.07, 6.45) is 1.85. The Morgan fingerprint density at radius 2 is 1.95 bits per heavy atom. The minimum atomic E-state index is -3.39. The number of ether oxygens (including phenoxy) is 1. The SMILES string of the molecule is CO[C@@H]1CC[C@@]2(C)C1N2S(=O)(=O)c1ccc(C)cc1. The number of rotatable bonds is 3. The zero-order valence-electron chi connectivity index (χ0n) is 11.5. The Hall–Kier alpha value is -0.910. The monoisotopic (exact) mass is 281 g/mol. The van der Waals surface area contributed by atoms with E-state index in [1.807, 2.05) is 26.0 Å². The van der Waals surface area contributed by atoms with Crippen LogP contribution < -0.4 is 0 Å². The molecule has 2 aliphatic rings. The van der Waals surface area contributed by atoms with Crippen LogP contribution in [-0.4, -0.2) is 37.5 Å². The van der Waals surface area contributed by atoms with Crippen molar-refractivity contribution < 1.29 is 13.2 Å². The number of hydrogen-bond acceptors (Lipinski definition) is 3. The number of nitrogens with zero attached hydrogens (tertiary/aromatic N) is 1. The summed E-state index contributed by atoms with van der Waals surface area (Å²) in [6.45, 7) is 3.97. The lowest BCUT2D eigenvalue weighted by Crippen LogP contribution is -2.26. The molecule has 1 aliphatic heterocycles. The smallest absolute Gasteiger partial charge is 0.244 e. The van der Waals surface area contributed by atoms with Gasteiger partial charge in [-0.2, -0.15) is 4.31 Å². The van der Waals surface area contributed by atoms with Crippen molar-refractivity contribution in [3.05, 3.63) is 29.8 Å². The van der Waals surface area contributed by atoms with Crippen LogP contribution in [0.1, 0.15) is 25.3 Å². The third-order valence-electron chi connectivity index (χ3n) is 4.49. The lowest BCUT2D eigenvalue weighted by molar-refractivity contribution is 0.0962. The molecule has 1 aromatic carbocycles. The second-order valence-corrected chi connectivity index (χ2v) is 7.54. The molecule has 1 saturated carbocycles. The Kier molecular flexibility index (Phi) is 2.78. The summed E-state index contributed by atoms with van der Waals surface area (Å²) in [7, 11) is -1.73. The zero-order chi connectivity index (χ0) is 13.8. The fraction of sp³-hybridized carbons (Fsp3) is 0.571. The van der Waals surface area contributed by atoms with Gasteiger partial charge in [0.1, 0.15) is 0 Å². The van der Waals surface area contributed by atoms with Crippen LogP contribution in [0.25, 0.3) is 0 Å². The molecular weight excluding hydrogens is 262 g/mol. The van der Waals surface area contributed by atoms with Gasteiger partial charge in [0.25, 0.3) is 0 Å². The number of hydrogen-bond donors (Lipinski definition) is 0. The maximum Gasteiger partial charge on any atom is 0.244 e. The predicted molar refractivity (Wildman–Crippen MR) is 72.4 cm³/mol. The Labute approximate surface area is 114 Å². The largest absolute Gasteiger partial charge is 0.380 e. The minimum absolute atomic E-state index is 0.00352. The van der Waals surface area contributed by atoms with Gasteiger partial charge in [0, 0.05) is 7.11 Å². The van der Waals surface area contributed by atoms with E-state index in [1.165, 1.54) is 0 Å². The van der Waals surface area contributed by atoms with Crippen molar-refractivity contribution in [3.8, 4) is 0 Å². The first-order chi connectivity index (χ1) is 8.91. The normalized spacial score (nSPS) is 37.1. The molecule has 1 heterocycles. The molecule has 19 heavy (non-hydrogen) atoms. The average molecular weight is 281 g/mol. The third-order valence-corrected chi connectivity index (χ3v) is 6.52. The first-order valence-corrected chi connectivity index (χ1v) is 7.99. The van der Waals surface area contributed by atoms with Gasteiger partial charge < -0.3 is 4.74 Å². The molecule has 2 unspecified atom stereocenters. The van der Waals surface area contributed by atoms with Crippen LogP contribution in [0.3, 0.4) is 0 Å².